The molecule has 3 aliphatic rings. The summed E-state index contributed by atoms with van der Waals surface area (Å²) in [6, 6.07) is 14.4. The Bertz CT molecular complexity index is 1480. The average Bonchev–Trinajstić information content (AvgIpc) is 3.64. The number of likely N-dealkylation sites (tertiary alicyclic amines) is 1. The van der Waals surface area contributed by atoms with Gasteiger partial charge in [0, 0.05) is 28.7 Å². The van der Waals surface area contributed by atoms with Crippen molar-refractivity contribution in [2.75, 3.05) is 33.1 Å². The summed E-state index contributed by atoms with van der Waals surface area (Å²) >= 11 is 13.5. The third-order valence-electron chi connectivity index (χ3n) is 7.74. The lowest BCUT2D eigenvalue weighted by molar-refractivity contribution is -0.138. The fourth-order valence-corrected chi connectivity index (χ4v) is 8.46. The highest BCUT2D eigenvalue weighted by molar-refractivity contribution is 8.25. The molecule has 2 spiro atoms. The van der Waals surface area contributed by atoms with Gasteiger partial charge in [-0.15, -0.1) is 0 Å². The van der Waals surface area contributed by atoms with Crippen molar-refractivity contribution in [3.63, 3.8) is 0 Å². The lowest BCUT2D eigenvalue weighted by atomic mass is 9.72. The Morgan fingerprint density at radius 3 is 2.66 bits per heavy atom. The van der Waals surface area contributed by atoms with Crippen molar-refractivity contribution in [2.45, 2.75) is 22.7 Å². The molecule has 1 N–H and O–H groups in total. The molecule has 2 amide bonds. The van der Waals surface area contributed by atoms with Gasteiger partial charge < -0.3 is 19.2 Å². The number of carbonyl (C=O) groups excluding carboxylic acids is 2. The summed E-state index contributed by atoms with van der Waals surface area (Å²) in [6.07, 6.45) is 1.56. The maximum Gasteiger partial charge on any atom is 0.251 e. The second kappa shape index (κ2) is 9.01. The summed E-state index contributed by atoms with van der Waals surface area (Å²) in [5.74, 6) is 0.733. The van der Waals surface area contributed by atoms with Gasteiger partial charge in [0.25, 0.3) is 5.91 Å². The van der Waals surface area contributed by atoms with Gasteiger partial charge >= 0.3 is 0 Å². The zero-order chi connectivity index (χ0) is 26.8. The summed E-state index contributed by atoms with van der Waals surface area (Å²) < 4.78 is 15.6. The molecule has 4 heterocycles. The van der Waals surface area contributed by atoms with Crippen LogP contribution in [0.15, 0.2) is 59.2 Å². The molecule has 2 aromatic carbocycles. The van der Waals surface area contributed by atoms with Crippen LogP contribution < -0.4 is 14.8 Å². The van der Waals surface area contributed by atoms with E-state index in [-0.39, 0.29) is 18.4 Å². The second-order valence-corrected chi connectivity index (χ2v) is 11.8. The predicted molar refractivity (Wildman–Crippen MR) is 149 cm³/mol. The maximum atomic E-state index is 14.8. The summed E-state index contributed by atoms with van der Waals surface area (Å²) in [4.78, 5) is 32.4. The Morgan fingerprint density at radius 1 is 1.16 bits per heavy atom. The van der Waals surface area contributed by atoms with Crippen molar-refractivity contribution >= 4 is 57.4 Å². The molecule has 0 unspecified atom stereocenters. The first-order valence-electron chi connectivity index (χ1n) is 11.9. The Morgan fingerprint density at radius 2 is 1.95 bits per heavy atom. The number of anilines is 1. The van der Waals surface area contributed by atoms with Crippen LogP contribution in [-0.2, 0) is 21.7 Å². The smallest absolute Gasteiger partial charge is 0.251 e. The quantitative estimate of drug-likeness (QED) is 0.446. The first-order chi connectivity index (χ1) is 18.3. The SMILES string of the molecule is COc1ccc([C@@H]2CN(C)[C@]3(C(=O)Nc4ccc(Cl)cc43)[C@@]23SC(=S)N(Cc2ccco2)C3=O)cc1OC. The van der Waals surface area contributed by atoms with Gasteiger partial charge in [0.15, 0.2) is 17.0 Å². The number of halogens is 1. The lowest BCUT2D eigenvalue weighted by Crippen LogP contribution is -2.61. The molecule has 11 heteroatoms. The first-order valence-corrected chi connectivity index (χ1v) is 13.5. The Kier molecular flexibility index (Phi) is 5.99. The number of carbonyl (C=O) groups is 2. The van der Waals surface area contributed by atoms with Crippen molar-refractivity contribution in [2.24, 2.45) is 0 Å². The highest BCUT2D eigenvalue weighted by Crippen LogP contribution is 2.66. The van der Waals surface area contributed by atoms with Crippen LogP contribution >= 0.6 is 35.6 Å². The molecular weight excluding hydrogens is 546 g/mol. The molecule has 3 aliphatic heterocycles. The zero-order valence-corrected chi connectivity index (χ0v) is 23.2. The van der Waals surface area contributed by atoms with Gasteiger partial charge in [-0.2, -0.15) is 0 Å². The van der Waals surface area contributed by atoms with Crippen LogP contribution in [0.3, 0.4) is 0 Å². The van der Waals surface area contributed by atoms with E-state index < -0.39 is 16.2 Å². The number of nitrogens with zero attached hydrogens (tertiary/aromatic N) is 2. The molecule has 8 nitrogen and oxygen atoms in total. The van der Waals surface area contributed by atoms with Crippen molar-refractivity contribution in [3.8, 4) is 11.5 Å². The zero-order valence-electron chi connectivity index (χ0n) is 20.8. The Balaban J connectivity index is 1.59. The number of nitrogens with one attached hydrogen (secondary N) is 1. The average molecular weight is 570 g/mol. The highest BCUT2D eigenvalue weighted by Gasteiger charge is 2.77. The fraction of sp³-hybridized carbons (Fsp3) is 0.296. The second-order valence-electron chi connectivity index (χ2n) is 9.48. The normalized spacial score (nSPS) is 26.5. The molecule has 0 radical (unpaired) electrons. The fourth-order valence-electron chi connectivity index (χ4n) is 6.16. The molecule has 196 valence electrons. The van der Waals surface area contributed by atoms with Crippen LogP contribution in [0.5, 0.6) is 11.5 Å². The summed E-state index contributed by atoms with van der Waals surface area (Å²) in [5.41, 5.74) is 0.749. The van der Waals surface area contributed by atoms with E-state index in [2.05, 4.69) is 5.32 Å². The summed E-state index contributed by atoms with van der Waals surface area (Å²) in [7, 11) is 5.00. The number of benzene rings is 2. The standard InChI is InChI=1S/C27H24ClN3O5S2/c1-30-14-19(15-6-9-21(34-2)22(11-15)35-3)27(24(33)31(25(37)38-27)13-17-5-4-10-36-17)26(30)18-12-16(28)7-8-20(18)29-23(26)32/h4-12,19H,13-14H2,1-3H3,(H,29,32)/t19-,26+,27+/m0/s1. The Hall–Kier alpha value is -3.05. The third kappa shape index (κ3) is 3.24. The predicted octanol–water partition coefficient (Wildman–Crippen LogP) is 4.63. The van der Waals surface area contributed by atoms with E-state index in [1.165, 1.54) is 11.8 Å². The van der Waals surface area contributed by atoms with E-state index in [0.29, 0.717) is 44.4 Å². The summed E-state index contributed by atoms with van der Waals surface area (Å²) in [5, 5.41) is 3.49. The number of rotatable bonds is 5. The Labute approximate surface area is 234 Å². The molecule has 0 saturated carbocycles. The van der Waals surface area contributed by atoms with Gasteiger partial charge in [-0.1, -0.05) is 41.6 Å². The van der Waals surface area contributed by atoms with E-state index >= 15 is 0 Å². The van der Waals surface area contributed by atoms with Crippen LogP contribution in [0, 0.1) is 0 Å². The number of ether oxygens (including phenoxy) is 2. The molecule has 0 bridgehead atoms. The van der Waals surface area contributed by atoms with Crippen molar-refractivity contribution in [3.05, 3.63) is 76.7 Å². The molecule has 38 heavy (non-hydrogen) atoms. The highest BCUT2D eigenvalue weighted by atomic mass is 35.5. The van der Waals surface area contributed by atoms with E-state index in [1.807, 2.05) is 30.1 Å². The number of thiocarbonyl (C=S) groups is 1. The number of methoxy groups -OCH3 is 2. The molecule has 3 atom stereocenters. The van der Waals surface area contributed by atoms with E-state index in [1.54, 1.807) is 55.7 Å². The van der Waals surface area contributed by atoms with Crippen LogP contribution in [0.25, 0.3) is 0 Å². The molecule has 2 saturated heterocycles. The van der Waals surface area contributed by atoms with Gasteiger partial charge in [-0.05, 0) is 55.1 Å². The van der Waals surface area contributed by atoms with E-state index in [9.17, 15) is 9.59 Å². The lowest BCUT2D eigenvalue weighted by Gasteiger charge is -2.41. The van der Waals surface area contributed by atoms with Gasteiger partial charge in [0.1, 0.15) is 14.8 Å². The van der Waals surface area contributed by atoms with Crippen molar-refractivity contribution in [1.29, 1.82) is 0 Å². The van der Waals surface area contributed by atoms with Crippen LogP contribution in [0.1, 0.15) is 22.8 Å². The number of amides is 2. The summed E-state index contributed by atoms with van der Waals surface area (Å²) in [6.45, 7) is 0.576. The molecule has 1 aromatic heterocycles. The van der Waals surface area contributed by atoms with Gasteiger partial charge in [-0.3, -0.25) is 19.4 Å². The van der Waals surface area contributed by atoms with Gasteiger partial charge in [0.2, 0.25) is 5.91 Å². The van der Waals surface area contributed by atoms with Crippen LogP contribution in [0.2, 0.25) is 5.02 Å². The third-order valence-corrected chi connectivity index (χ3v) is 9.92. The van der Waals surface area contributed by atoms with E-state index in [0.717, 1.165) is 5.56 Å². The molecule has 6 rings (SSSR count). The minimum absolute atomic E-state index is 0.169. The van der Waals surface area contributed by atoms with Gasteiger partial charge in [-0.25, -0.2) is 0 Å². The number of likely N-dealkylation sites (N-methyl/N-ethyl adjacent to an activating group) is 1. The number of fused-ring (bicyclic) bond motifs is 3. The monoisotopic (exact) mass is 569 g/mol. The van der Waals surface area contributed by atoms with Crippen molar-refractivity contribution < 1.29 is 23.5 Å². The van der Waals surface area contributed by atoms with Crippen molar-refractivity contribution in [1.82, 2.24) is 9.80 Å². The molecule has 3 aromatic rings. The maximum absolute atomic E-state index is 14.8. The number of hydrogen-bond acceptors (Lipinski definition) is 8. The first kappa shape index (κ1) is 25.2. The minimum Gasteiger partial charge on any atom is -0.493 e. The van der Waals surface area contributed by atoms with Crippen LogP contribution in [0.4, 0.5) is 5.69 Å². The minimum atomic E-state index is -1.37. The van der Waals surface area contributed by atoms with E-state index in [4.69, 9.17) is 37.7 Å². The topological polar surface area (TPSA) is 84.3 Å². The van der Waals surface area contributed by atoms with Gasteiger partial charge in [0.05, 0.1) is 27.0 Å². The number of furan rings is 1. The number of thioether (sulfide) groups is 1. The largest absolute Gasteiger partial charge is 0.493 e. The molecule has 0 aliphatic carbocycles. The number of hydrogen-bond donors (Lipinski definition) is 1. The molecular formula is C27H24ClN3O5S2. The molecule has 2 fully saturated rings. The van der Waals surface area contributed by atoms with Crippen LogP contribution in [-0.4, -0.2) is 58.5 Å².